The van der Waals surface area contributed by atoms with E-state index in [2.05, 4.69) is 5.32 Å². The summed E-state index contributed by atoms with van der Waals surface area (Å²) in [6.07, 6.45) is 7.77. The van der Waals surface area contributed by atoms with E-state index in [1.165, 1.54) is 32.1 Å². The van der Waals surface area contributed by atoms with Crippen molar-refractivity contribution in [2.24, 2.45) is 16.7 Å². The normalized spacial score (nSPS) is 26.1. The Morgan fingerprint density at radius 2 is 1.80 bits per heavy atom. The SMILES string of the molecule is CCC(=O)C(NC(=O)C1CC12CCCCC2)C(C)(C)C. The number of carbonyl (C=O) groups is 2. The Balaban J connectivity index is 1.98. The molecular weight excluding hydrogens is 250 g/mol. The van der Waals surface area contributed by atoms with Gasteiger partial charge in [-0.2, -0.15) is 0 Å². The topological polar surface area (TPSA) is 46.2 Å². The highest BCUT2D eigenvalue weighted by Gasteiger charge is 2.57. The van der Waals surface area contributed by atoms with Gasteiger partial charge in [0.05, 0.1) is 6.04 Å². The van der Waals surface area contributed by atoms with Crippen LogP contribution in [-0.4, -0.2) is 17.7 Å². The van der Waals surface area contributed by atoms with E-state index in [-0.39, 0.29) is 29.1 Å². The Morgan fingerprint density at radius 1 is 1.20 bits per heavy atom. The summed E-state index contributed by atoms with van der Waals surface area (Å²) < 4.78 is 0. The molecule has 2 saturated carbocycles. The van der Waals surface area contributed by atoms with Crippen LogP contribution in [0.2, 0.25) is 0 Å². The quantitative estimate of drug-likeness (QED) is 0.856. The van der Waals surface area contributed by atoms with E-state index in [1.54, 1.807) is 0 Å². The zero-order chi connectivity index (χ0) is 15.0. The molecule has 114 valence electrons. The molecule has 0 heterocycles. The van der Waals surface area contributed by atoms with E-state index < -0.39 is 0 Å². The van der Waals surface area contributed by atoms with Crippen LogP contribution in [0, 0.1) is 16.7 Å². The molecule has 3 nitrogen and oxygen atoms in total. The van der Waals surface area contributed by atoms with Gasteiger partial charge >= 0.3 is 0 Å². The van der Waals surface area contributed by atoms with Crippen LogP contribution < -0.4 is 5.32 Å². The van der Waals surface area contributed by atoms with E-state index in [4.69, 9.17) is 0 Å². The van der Waals surface area contributed by atoms with Crippen molar-refractivity contribution in [1.29, 1.82) is 0 Å². The van der Waals surface area contributed by atoms with Gasteiger partial charge < -0.3 is 5.32 Å². The first kappa shape index (κ1) is 15.5. The first-order valence-corrected chi connectivity index (χ1v) is 8.13. The predicted molar refractivity (Wildman–Crippen MR) is 80.3 cm³/mol. The van der Waals surface area contributed by atoms with Gasteiger partial charge in [-0.15, -0.1) is 0 Å². The van der Waals surface area contributed by atoms with Crippen LogP contribution in [0.5, 0.6) is 0 Å². The molecule has 2 atom stereocenters. The summed E-state index contributed by atoms with van der Waals surface area (Å²) >= 11 is 0. The zero-order valence-corrected chi connectivity index (χ0v) is 13.4. The molecule has 0 aromatic rings. The second-order valence-electron chi connectivity index (χ2n) is 7.81. The van der Waals surface area contributed by atoms with Gasteiger partial charge in [0.25, 0.3) is 0 Å². The van der Waals surface area contributed by atoms with Crippen molar-refractivity contribution in [3.05, 3.63) is 0 Å². The fraction of sp³-hybridized carbons (Fsp3) is 0.882. The predicted octanol–water partition coefficient (Wildman–Crippen LogP) is 3.47. The maximum absolute atomic E-state index is 12.5. The Labute approximate surface area is 122 Å². The van der Waals surface area contributed by atoms with Crippen LogP contribution in [-0.2, 0) is 9.59 Å². The molecule has 0 aromatic heterocycles. The molecular formula is C17H29NO2. The van der Waals surface area contributed by atoms with Gasteiger partial charge in [0.15, 0.2) is 5.78 Å². The first-order valence-electron chi connectivity index (χ1n) is 8.13. The fourth-order valence-electron chi connectivity index (χ4n) is 3.75. The molecule has 20 heavy (non-hydrogen) atoms. The summed E-state index contributed by atoms with van der Waals surface area (Å²) in [5.74, 6) is 0.426. The number of ketones is 1. The number of Topliss-reactive ketones (excluding diaryl/α,β-unsaturated/α-hetero) is 1. The Kier molecular flexibility index (Phi) is 4.27. The van der Waals surface area contributed by atoms with Crippen molar-refractivity contribution < 1.29 is 9.59 Å². The molecule has 2 unspecified atom stereocenters. The second kappa shape index (κ2) is 5.50. The minimum Gasteiger partial charge on any atom is -0.346 e. The van der Waals surface area contributed by atoms with Gasteiger partial charge in [0, 0.05) is 12.3 Å². The van der Waals surface area contributed by atoms with E-state index in [0.29, 0.717) is 11.8 Å². The van der Waals surface area contributed by atoms with Gasteiger partial charge in [-0.3, -0.25) is 9.59 Å². The molecule has 1 amide bonds. The molecule has 0 aromatic carbocycles. The summed E-state index contributed by atoms with van der Waals surface area (Å²) in [6, 6.07) is -0.346. The molecule has 3 heteroatoms. The lowest BCUT2D eigenvalue weighted by molar-refractivity contribution is -0.131. The molecule has 0 saturated heterocycles. The molecule has 2 aliphatic carbocycles. The van der Waals surface area contributed by atoms with Crippen molar-refractivity contribution in [3.8, 4) is 0 Å². The second-order valence-corrected chi connectivity index (χ2v) is 7.81. The largest absolute Gasteiger partial charge is 0.346 e. The minimum atomic E-state index is -0.346. The summed E-state index contributed by atoms with van der Waals surface area (Å²) in [5, 5.41) is 3.05. The van der Waals surface area contributed by atoms with Crippen LogP contribution in [0.4, 0.5) is 0 Å². The molecule has 0 radical (unpaired) electrons. The summed E-state index contributed by atoms with van der Waals surface area (Å²) in [4.78, 5) is 24.6. The summed E-state index contributed by atoms with van der Waals surface area (Å²) in [7, 11) is 0. The lowest BCUT2D eigenvalue weighted by atomic mass is 9.82. The monoisotopic (exact) mass is 279 g/mol. The maximum Gasteiger partial charge on any atom is 0.224 e. The fourth-order valence-corrected chi connectivity index (χ4v) is 3.75. The third-order valence-corrected chi connectivity index (χ3v) is 5.18. The molecule has 1 spiro atoms. The van der Waals surface area contributed by atoms with Crippen LogP contribution >= 0.6 is 0 Å². The summed E-state index contributed by atoms with van der Waals surface area (Å²) in [6.45, 7) is 7.94. The first-order chi connectivity index (χ1) is 9.30. The van der Waals surface area contributed by atoms with E-state index in [9.17, 15) is 9.59 Å². The number of hydrogen-bond donors (Lipinski definition) is 1. The molecule has 2 fully saturated rings. The molecule has 1 N–H and O–H groups in total. The van der Waals surface area contributed by atoms with E-state index >= 15 is 0 Å². The van der Waals surface area contributed by atoms with Crippen LogP contribution in [0.15, 0.2) is 0 Å². The van der Waals surface area contributed by atoms with Crippen LogP contribution in [0.25, 0.3) is 0 Å². The minimum absolute atomic E-state index is 0.119. The average molecular weight is 279 g/mol. The average Bonchev–Trinajstić information content (AvgIpc) is 3.08. The van der Waals surface area contributed by atoms with Gasteiger partial charge in [-0.25, -0.2) is 0 Å². The van der Waals surface area contributed by atoms with Gasteiger partial charge in [0.2, 0.25) is 5.91 Å². The number of rotatable bonds is 4. The lowest BCUT2D eigenvalue weighted by Crippen LogP contribution is -2.49. The van der Waals surface area contributed by atoms with E-state index in [0.717, 1.165) is 6.42 Å². The van der Waals surface area contributed by atoms with Gasteiger partial charge in [0.1, 0.15) is 0 Å². The van der Waals surface area contributed by atoms with Crippen molar-refractivity contribution >= 4 is 11.7 Å². The van der Waals surface area contributed by atoms with E-state index in [1.807, 2.05) is 27.7 Å². The smallest absolute Gasteiger partial charge is 0.224 e. The van der Waals surface area contributed by atoms with Crippen molar-refractivity contribution in [1.82, 2.24) is 5.32 Å². The molecule has 0 bridgehead atoms. The van der Waals surface area contributed by atoms with Crippen LogP contribution in [0.3, 0.4) is 0 Å². The van der Waals surface area contributed by atoms with Crippen molar-refractivity contribution in [2.75, 3.05) is 0 Å². The Morgan fingerprint density at radius 3 is 2.30 bits per heavy atom. The lowest BCUT2D eigenvalue weighted by Gasteiger charge is -2.31. The van der Waals surface area contributed by atoms with Gasteiger partial charge in [-0.1, -0.05) is 47.0 Å². The maximum atomic E-state index is 12.5. The summed E-state index contributed by atoms with van der Waals surface area (Å²) in [5.41, 5.74) is 0.0808. The number of carbonyl (C=O) groups excluding carboxylic acids is 2. The molecule has 2 aliphatic rings. The highest BCUT2D eigenvalue weighted by molar-refractivity contribution is 5.91. The molecule has 0 aliphatic heterocycles. The highest BCUT2D eigenvalue weighted by atomic mass is 16.2. The number of amides is 1. The zero-order valence-electron chi connectivity index (χ0n) is 13.4. The Bertz CT molecular complexity index is 388. The van der Waals surface area contributed by atoms with Crippen molar-refractivity contribution in [2.45, 2.75) is 78.7 Å². The Hall–Kier alpha value is -0.860. The third kappa shape index (κ3) is 3.07. The molecule has 2 rings (SSSR count). The van der Waals surface area contributed by atoms with Gasteiger partial charge in [-0.05, 0) is 30.1 Å². The highest BCUT2D eigenvalue weighted by Crippen LogP contribution is 2.61. The third-order valence-electron chi connectivity index (χ3n) is 5.18. The van der Waals surface area contributed by atoms with Crippen molar-refractivity contribution in [3.63, 3.8) is 0 Å². The number of hydrogen-bond acceptors (Lipinski definition) is 2. The standard InChI is InChI=1S/C17H29NO2/c1-5-13(19)14(16(2,3)4)18-15(20)12-11-17(12)9-7-6-8-10-17/h12,14H,5-11H2,1-4H3,(H,18,20). The van der Waals surface area contributed by atoms with Crippen LogP contribution in [0.1, 0.15) is 72.6 Å². The number of nitrogens with one attached hydrogen (secondary N) is 1.